The highest BCUT2D eigenvalue weighted by atomic mass is 19.1. The molecule has 232 valence electrons. The van der Waals surface area contributed by atoms with Crippen LogP contribution < -0.4 is 26.0 Å². The van der Waals surface area contributed by atoms with Crippen LogP contribution in [0.1, 0.15) is 70.4 Å². The maximum Gasteiger partial charge on any atom is 0.242 e. The Labute approximate surface area is 252 Å². The van der Waals surface area contributed by atoms with Crippen molar-refractivity contribution in [3.63, 3.8) is 0 Å². The number of carbonyl (C=O) groups is 2. The molecule has 2 aromatic rings. The first-order valence-corrected chi connectivity index (χ1v) is 15.5. The van der Waals surface area contributed by atoms with Crippen LogP contribution in [0.15, 0.2) is 60.3 Å². The number of carbonyl (C=O) groups excluding carboxylic acids is 2. The minimum absolute atomic E-state index is 0.0862. The van der Waals surface area contributed by atoms with Crippen molar-refractivity contribution >= 4 is 11.8 Å². The van der Waals surface area contributed by atoms with Gasteiger partial charge in [-0.3, -0.25) is 9.59 Å². The molecule has 1 aliphatic heterocycles. The van der Waals surface area contributed by atoms with E-state index in [1.807, 2.05) is 31.2 Å². The molecule has 0 aromatic heterocycles. The van der Waals surface area contributed by atoms with Crippen LogP contribution in [0.5, 0.6) is 5.75 Å². The minimum Gasteiger partial charge on any atom is -0.492 e. The Kier molecular flexibility index (Phi) is 17.0. The first kappa shape index (κ1) is 34.8. The molecule has 8 heteroatoms. The van der Waals surface area contributed by atoms with E-state index in [1.165, 1.54) is 18.6 Å². The number of fused-ring (bicyclic) bond motifs is 1. The minimum atomic E-state index is -0.465. The number of hydrogen-bond donors (Lipinski definition) is 4. The van der Waals surface area contributed by atoms with Crippen molar-refractivity contribution in [2.24, 2.45) is 5.92 Å². The number of ether oxygens (including phenoxy) is 1. The van der Waals surface area contributed by atoms with Gasteiger partial charge in [0.2, 0.25) is 11.8 Å². The monoisotopic (exact) mass is 582 g/mol. The third-order valence-electron chi connectivity index (χ3n) is 6.57. The second-order valence-electron chi connectivity index (χ2n) is 10.8. The molecule has 1 fully saturated rings. The lowest BCUT2D eigenvalue weighted by atomic mass is 10.1. The Hall–Kier alpha value is -3.39. The lowest BCUT2D eigenvalue weighted by Crippen LogP contribution is -2.49. The molecule has 4 N–H and O–H groups in total. The van der Waals surface area contributed by atoms with Crippen molar-refractivity contribution in [1.82, 2.24) is 21.3 Å². The van der Waals surface area contributed by atoms with Crippen LogP contribution >= 0.6 is 0 Å². The number of nitrogens with one attached hydrogen (secondary N) is 4. The van der Waals surface area contributed by atoms with E-state index < -0.39 is 6.04 Å². The van der Waals surface area contributed by atoms with Gasteiger partial charge in [-0.05, 0) is 67.9 Å². The number of aryl methyl sites for hydroxylation is 2. The van der Waals surface area contributed by atoms with Crippen molar-refractivity contribution < 1.29 is 18.7 Å². The molecule has 1 aliphatic carbocycles. The van der Waals surface area contributed by atoms with Crippen LogP contribution in [0.2, 0.25) is 0 Å². The summed E-state index contributed by atoms with van der Waals surface area (Å²) in [5.41, 5.74) is 3.08. The van der Waals surface area contributed by atoms with Crippen LogP contribution in [-0.4, -0.2) is 50.6 Å². The summed E-state index contributed by atoms with van der Waals surface area (Å²) in [6.45, 7) is 10.8. The van der Waals surface area contributed by atoms with E-state index in [4.69, 9.17) is 4.74 Å². The van der Waals surface area contributed by atoms with Gasteiger partial charge in [0.1, 0.15) is 24.2 Å². The fourth-order valence-electron chi connectivity index (χ4n) is 4.34. The van der Waals surface area contributed by atoms with Gasteiger partial charge in [-0.15, -0.1) is 0 Å². The van der Waals surface area contributed by atoms with Crippen molar-refractivity contribution in [2.45, 2.75) is 78.7 Å². The fraction of sp³-hybridized carbons (Fsp3) is 0.529. The maximum absolute atomic E-state index is 12.7. The van der Waals surface area contributed by atoms with E-state index >= 15 is 0 Å². The molecular weight excluding hydrogens is 531 g/mol. The van der Waals surface area contributed by atoms with E-state index in [-0.39, 0.29) is 24.2 Å². The second-order valence-corrected chi connectivity index (χ2v) is 10.8. The Morgan fingerprint density at radius 2 is 1.74 bits per heavy atom. The van der Waals surface area contributed by atoms with Crippen LogP contribution in [0.3, 0.4) is 0 Å². The van der Waals surface area contributed by atoms with Gasteiger partial charge in [-0.1, -0.05) is 76.4 Å². The normalized spacial score (nSPS) is 19.5. The molecule has 7 nitrogen and oxygen atoms in total. The average molecular weight is 583 g/mol. The standard InChI is InChI=1S/C24H36N4O3.C7H7F.C3H8/c1-2-6-20-16-25-13-14-31-22-9-4-3-7-19(22)8-5-12-26-24(30)21(15-18-10-11-18)28-23(29)17-27-20;1-6-3-2-4-7(8)5-6;1-3-2/h3-4,6-7,9,18,21,25,27H,2,5,8,10-17H2,1H3,(H,26,30)(H,28,29);2-5H,1H3;3H2,1-2H3/b20-6-;;. The number of halogens is 1. The zero-order valence-corrected chi connectivity index (χ0v) is 25.9. The van der Waals surface area contributed by atoms with E-state index in [0.29, 0.717) is 38.6 Å². The zero-order chi connectivity index (χ0) is 30.6. The Morgan fingerprint density at radius 3 is 2.40 bits per heavy atom. The van der Waals surface area contributed by atoms with Gasteiger partial charge in [0, 0.05) is 25.3 Å². The van der Waals surface area contributed by atoms with Crippen molar-refractivity contribution in [3.8, 4) is 5.75 Å². The molecule has 0 spiro atoms. The molecule has 1 atom stereocenters. The molecule has 42 heavy (non-hydrogen) atoms. The summed E-state index contributed by atoms with van der Waals surface area (Å²) >= 11 is 0. The molecule has 0 bridgehead atoms. The van der Waals surface area contributed by atoms with Crippen molar-refractivity contribution in [3.05, 3.63) is 77.2 Å². The molecule has 0 saturated heterocycles. The largest absolute Gasteiger partial charge is 0.492 e. The number of hydrogen-bond acceptors (Lipinski definition) is 5. The number of amides is 2. The summed E-state index contributed by atoms with van der Waals surface area (Å²) in [5.74, 6) is 1.05. The van der Waals surface area contributed by atoms with Gasteiger partial charge in [0.25, 0.3) is 0 Å². The topological polar surface area (TPSA) is 91.5 Å². The van der Waals surface area contributed by atoms with Gasteiger partial charge >= 0.3 is 0 Å². The maximum atomic E-state index is 12.7. The van der Waals surface area contributed by atoms with Crippen LogP contribution in [0, 0.1) is 18.7 Å². The fourth-order valence-corrected chi connectivity index (χ4v) is 4.34. The van der Waals surface area contributed by atoms with Gasteiger partial charge < -0.3 is 26.0 Å². The molecular formula is C34H51FN4O3. The third-order valence-corrected chi connectivity index (χ3v) is 6.57. The lowest BCUT2D eigenvalue weighted by molar-refractivity contribution is -0.128. The molecule has 1 unspecified atom stereocenters. The van der Waals surface area contributed by atoms with Gasteiger partial charge in [-0.25, -0.2) is 4.39 Å². The lowest BCUT2D eigenvalue weighted by Gasteiger charge is -2.20. The SMILES string of the molecule is CC/C=C1/CNCCOc2ccccc2CCCNC(=O)C(CC2CC2)NC(=O)CN1.CCC.Cc1cccc(F)c1. The highest BCUT2D eigenvalue weighted by Gasteiger charge is 2.30. The first-order chi connectivity index (χ1) is 20.4. The molecule has 2 aromatic carbocycles. The Balaban J connectivity index is 0.000000471. The summed E-state index contributed by atoms with van der Waals surface area (Å²) in [6.07, 6.45) is 8.85. The molecule has 2 amide bonds. The highest BCUT2D eigenvalue weighted by molar-refractivity contribution is 5.88. The Morgan fingerprint density at radius 1 is 0.976 bits per heavy atom. The van der Waals surface area contributed by atoms with Gasteiger partial charge in [0.05, 0.1) is 6.54 Å². The van der Waals surface area contributed by atoms with E-state index in [9.17, 15) is 14.0 Å². The van der Waals surface area contributed by atoms with E-state index in [2.05, 4.69) is 54.2 Å². The predicted molar refractivity (Wildman–Crippen MR) is 169 cm³/mol. The number of allylic oxidation sites excluding steroid dienone is 1. The summed E-state index contributed by atoms with van der Waals surface area (Å²) in [7, 11) is 0. The van der Waals surface area contributed by atoms with E-state index in [1.54, 1.807) is 6.07 Å². The number of benzene rings is 2. The van der Waals surface area contributed by atoms with Gasteiger partial charge in [0.15, 0.2) is 0 Å². The van der Waals surface area contributed by atoms with Crippen LogP contribution in [0.4, 0.5) is 4.39 Å². The molecule has 1 saturated carbocycles. The van der Waals surface area contributed by atoms with Crippen LogP contribution in [-0.2, 0) is 16.0 Å². The smallest absolute Gasteiger partial charge is 0.242 e. The summed E-state index contributed by atoms with van der Waals surface area (Å²) in [6, 6.07) is 14.1. The van der Waals surface area contributed by atoms with E-state index in [0.717, 1.165) is 54.7 Å². The van der Waals surface area contributed by atoms with Gasteiger partial charge in [-0.2, -0.15) is 0 Å². The third kappa shape index (κ3) is 15.0. The number of para-hydroxylation sites is 1. The van der Waals surface area contributed by atoms with Crippen molar-refractivity contribution in [2.75, 3.05) is 32.8 Å². The quantitative estimate of drug-likeness (QED) is 0.387. The second kappa shape index (κ2) is 20.5. The van der Waals surface area contributed by atoms with Crippen LogP contribution in [0.25, 0.3) is 0 Å². The molecule has 4 rings (SSSR count). The summed E-state index contributed by atoms with van der Waals surface area (Å²) < 4.78 is 18.1. The summed E-state index contributed by atoms with van der Waals surface area (Å²) in [5, 5.41) is 12.5. The first-order valence-electron chi connectivity index (χ1n) is 15.5. The highest BCUT2D eigenvalue weighted by Crippen LogP contribution is 2.33. The molecule has 2 aliphatic rings. The molecule has 1 heterocycles. The average Bonchev–Trinajstić information content (AvgIpc) is 3.78. The number of rotatable bonds is 3. The molecule has 0 radical (unpaired) electrons. The predicted octanol–water partition coefficient (Wildman–Crippen LogP) is 5.44. The Bertz CT molecular complexity index is 1090. The van der Waals surface area contributed by atoms with Crippen molar-refractivity contribution in [1.29, 1.82) is 0 Å². The zero-order valence-electron chi connectivity index (χ0n) is 25.9. The summed E-state index contributed by atoms with van der Waals surface area (Å²) in [4.78, 5) is 25.2.